The van der Waals surface area contributed by atoms with E-state index in [2.05, 4.69) is 33.2 Å². The predicted molar refractivity (Wildman–Crippen MR) is 120 cm³/mol. The number of amides is 2. The second kappa shape index (κ2) is 9.17. The molecule has 3 rings (SSSR count). The molecule has 0 aliphatic carbocycles. The Labute approximate surface area is 189 Å². The van der Waals surface area contributed by atoms with Crippen molar-refractivity contribution in [1.29, 1.82) is 0 Å². The van der Waals surface area contributed by atoms with Gasteiger partial charge in [0.05, 0.1) is 15.6 Å². The third kappa shape index (κ3) is 4.91. The summed E-state index contributed by atoms with van der Waals surface area (Å²) in [6.45, 7) is 0.174. The number of carbonyl (C=O) groups excluding carboxylic acids is 2. The van der Waals surface area contributed by atoms with Crippen molar-refractivity contribution in [3.63, 3.8) is 0 Å². The minimum absolute atomic E-state index is 0.000139. The molecule has 1 fully saturated rings. The molecule has 2 aromatic carbocycles. The highest BCUT2D eigenvalue weighted by Crippen LogP contribution is 2.35. The molecular weight excluding hydrogens is 525 g/mol. The Morgan fingerprint density at radius 3 is 2.37 bits per heavy atom. The highest BCUT2D eigenvalue weighted by molar-refractivity contribution is 14.1. The van der Waals surface area contributed by atoms with Crippen LogP contribution in [0.1, 0.15) is 11.1 Å². The number of nitro groups is 1. The molecule has 0 radical (unpaired) electrons. The van der Waals surface area contributed by atoms with Crippen LogP contribution in [0.3, 0.4) is 0 Å². The first-order chi connectivity index (χ1) is 14.3. The molecule has 2 N–H and O–H groups in total. The van der Waals surface area contributed by atoms with Gasteiger partial charge in [-0.05, 0) is 76.3 Å². The number of benzene rings is 2. The first-order valence-corrected chi connectivity index (χ1v) is 9.89. The zero-order valence-electron chi connectivity index (χ0n) is 15.4. The number of nitrogens with zero attached hydrogens (tertiary/aromatic N) is 1. The molecule has 2 aromatic rings. The Morgan fingerprint density at radius 2 is 1.80 bits per heavy atom. The smallest absolute Gasteiger partial charge is 0.269 e. The average molecular weight is 539 g/mol. The van der Waals surface area contributed by atoms with Gasteiger partial charge in [-0.15, -0.1) is 0 Å². The fourth-order valence-electron chi connectivity index (χ4n) is 2.61. The molecule has 0 aromatic heterocycles. The number of nitro benzene ring substituents is 1. The monoisotopic (exact) mass is 539 g/mol. The largest absolute Gasteiger partial charge is 0.493 e. The van der Waals surface area contributed by atoms with Crippen LogP contribution < -0.4 is 20.1 Å². The van der Waals surface area contributed by atoms with Gasteiger partial charge in [-0.25, -0.2) is 0 Å². The third-order valence-electron chi connectivity index (χ3n) is 4.04. The van der Waals surface area contributed by atoms with Crippen LogP contribution in [0.2, 0.25) is 0 Å². The molecule has 0 spiro atoms. The Kier molecular flexibility index (Phi) is 6.62. The highest BCUT2D eigenvalue weighted by Gasteiger charge is 2.26. The van der Waals surface area contributed by atoms with E-state index in [1.165, 1.54) is 25.3 Å². The first-order valence-electron chi connectivity index (χ1n) is 8.40. The van der Waals surface area contributed by atoms with Crippen LogP contribution in [-0.2, 0) is 16.2 Å². The zero-order valence-corrected chi connectivity index (χ0v) is 18.4. The minimum atomic E-state index is -0.587. The van der Waals surface area contributed by atoms with Crippen molar-refractivity contribution in [1.82, 2.24) is 10.6 Å². The molecule has 0 atom stereocenters. The van der Waals surface area contributed by atoms with E-state index in [-0.39, 0.29) is 23.0 Å². The summed E-state index contributed by atoms with van der Waals surface area (Å²) in [5.41, 5.74) is 1.23. The Hall–Kier alpha value is -3.06. The molecule has 11 heteroatoms. The molecule has 1 aliphatic rings. The predicted octanol–water partition coefficient (Wildman–Crippen LogP) is 2.70. The van der Waals surface area contributed by atoms with Gasteiger partial charge in [-0.3, -0.25) is 30.3 Å². The number of rotatable bonds is 6. The lowest BCUT2D eigenvalue weighted by Crippen LogP contribution is -2.51. The molecule has 2 amide bonds. The number of hydrogen-bond acceptors (Lipinski definition) is 7. The van der Waals surface area contributed by atoms with Gasteiger partial charge in [-0.1, -0.05) is 0 Å². The van der Waals surface area contributed by atoms with Crippen molar-refractivity contribution in [3.8, 4) is 11.5 Å². The van der Waals surface area contributed by atoms with E-state index < -0.39 is 16.7 Å². The topological polar surface area (TPSA) is 120 Å². The molecule has 0 unspecified atom stereocenters. The third-order valence-corrected chi connectivity index (χ3v) is 5.04. The van der Waals surface area contributed by atoms with Crippen LogP contribution in [0.25, 0.3) is 6.08 Å². The van der Waals surface area contributed by atoms with Crippen LogP contribution in [-0.4, -0.2) is 29.0 Å². The van der Waals surface area contributed by atoms with Gasteiger partial charge in [0, 0.05) is 12.1 Å². The summed E-state index contributed by atoms with van der Waals surface area (Å²) >= 11 is 6.84. The van der Waals surface area contributed by atoms with Gasteiger partial charge in [0.25, 0.3) is 17.5 Å². The molecule has 154 valence electrons. The summed E-state index contributed by atoms with van der Waals surface area (Å²) < 4.78 is 11.9. The summed E-state index contributed by atoms with van der Waals surface area (Å²) in [6.07, 6.45) is 1.43. The van der Waals surface area contributed by atoms with Gasteiger partial charge >= 0.3 is 0 Å². The molecular formula is C19H14IN3O6S. The number of nitrogens with one attached hydrogen (secondary N) is 2. The van der Waals surface area contributed by atoms with Crippen LogP contribution in [0, 0.1) is 13.7 Å². The number of non-ortho nitro benzene ring substituents is 1. The number of hydrogen-bond donors (Lipinski definition) is 2. The summed E-state index contributed by atoms with van der Waals surface area (Å²) in [5.74, 6) is -0.299. The SMILES string of the molecule is COc1cc(C=C2C(=O)NC(=S)NC2=O)cc(I)c1OCc1ccc([N+](=O)[O-])cc1. The number of ether oxygens (including phenoxy) is 2. The van der Waals surface area contributed by atoms with Gasteiger partial charge in [0.1, 0.15) is 12.2 Å². The fourth-order valence-corrected chi connectivity index (χ4v) is 3.57. The van der Waals surface area contributed by atoms with E-state index in [9.17, 15) is 19.7 Å². The lowest BCUT2D eigenvalue weighted by Gasteiger charge is -2.17. The van der Waals surface area contributed by atoms with Gasteiger partial charge < -0.3 is 9.47 Å². The summed E-state index contributed by atoms with van der Waals surface area (Å²) in [6, 6.07) is 9.40. The average Bonchev–Trinajstić information content (AvgIpc) is 2.69. The minimum Gasteiger partial charge on any atom is -0.493 e. The number of methoxy groups -OCH3 is 1. The first kappa shape index (κ1) is 21.6. The van der Waals surface area contributed by atoms with E-state index in [0.717, 1.165) is 5.56 Å². The van der Waals surface area contributed by atoms with Crippen molar-refractivity contribution in [2.45, 2.75) is 6.61 Å². The lowest BCUT2D eigenvalue weighted by molar-refractivity contribution is -0.384. The molecule has 0 bridgehead atoms. The molecule has 9 nitrogen and oxygen atoms in total. The van der Waals surface area contributed by atoms with Gasteiger partial charge in [0.15, 0.2) is 16.6 Å². The van der Waals surface area contributed by atoms with E-state index in [4.69, 9.17) is 21.7 Å². The Bertz CT molecular complexity index is 1060. The quantitative estimate of drug-likeness (QED) is 0.145. The molecule has 1 aliphatic heterocycles. The maximum Gasteiger partial charge on any atom is 0.269 e. The molecule has 0 saturated carbocycles. The normalized spacial score (nSPS) is 13.4. The van der Waals surface area contributed by atoms with Gasteiger partial charge in [-0.2, -0.15) is 0 Å². The van der Waals surface area contributed by atoms with Crippen LogP contribution in [0.5, 0.6) is 11.5 Å². The summed E-state index contributed by atoms with van der Waals surface area (Å²) in [4.78, 5) is 34.3. The second-order valence-corrected chi connectivity index (χ2v) is 7.61. The van der Waals surface area contributed by atoms with Gasteiger partial charge in [0.2, 0.25) is 0 Å². The Balaban J connectivity index is 1.83. The highest BCUT2D eigenvalue weighted by atomic mass is 127. The zero-order chi connectivity index (χ0) is 21.8. The van der Waals surface area contributed by atoms with Crippen molar-refractivity contribution < 1.29 is 24.0 Å². The van der Waals surface area contributed by atoms with E-state index in [0.29, 0.717) is 20.6 Å². The number of thiocarbonyl (C=S) groups is 1. The fraction of sp³-hybridized carbons (Fsp3) is 0.105. The van der Waals surface area contributed by atoms with E-state index in [1.54, 1.807) is 24.3 Å². The van der Waals surface area contributed by atoms with Crippen molar-refractivity contribution in [2.24, 2.45) is 0 Å². The summed E-state index contributed by atoms with van der Waals surface area (Å²) in [5, 5.41) is 15.5. The second-order valence-electron chi connectivity index (χ2n) is 6.04. The van der Waals surface area contributed by atoms with Crippen LogP contribution in [0.4, 0.5) is 5.69 Å². The van der Waals surface area contributed by atoms with Crippen molar-refractivity contribution >= 4 is 63.5 Å². The van der Waals surface area contributed by atoms with E-state index in [1.807, 2.05) is 0 Å². The number of halogens is 1. The summed E-state index contributed by atoms with van der Waals surface area (Å²) in [7, 11) is 1.47. The standard InChI is InChI=1S/C19H14IN3O6S/c1-28-15-8-11(6-13-17(24)21-19(30)22-18(13)25)7-14(20)16(15)29-9-10-2-4-12(5-3-10)23(26)27/h2-8H,9H2,1H3,(H2,21,22,24,25,30). The van der Waals surface area contributed by atoms with Crippen LogP contribution in [0.15, 0.2) is 42.0 Å². The maximum absolute atomic E-state index is 12.0. The van der Waals surface area contributed by atoms with Crippen LogP contribution >= 0.6 is 34.8 Å². The van der Waals surface area contributed by atoms with Crippen molar-refractivity contribution in [3.05, 3.63) is 66.8 Å². The molecule has 1 saturated heterocycles. The lowest BCUT2D eigenvalue weighted by atomic mass is 10.1. The Morgan fingerprint density at radius 1 is 1.17 bits per heavy atom. The van der Waals surface area contributed by atoms with E-state index >= 15 is 0 Å². The molecule has 1 heterocycles. The molecule has 30 heavy (non-hydrogen) atoms. The number of carbonyl (C=O) groups is 2. The van der Waals surface area contributed by atoms with Crippen molar-refractivity contribution in [2.75, 3.05) is 7.11 Å². The maximum atomic E-state index is 12.0.